The van der Waals surface area contributed by atoms with Gasteiger partial charge >= 0.3 is 12.1 Å². The lowest BCUT2D eigenvalue weighted by molar-refractivity contribution is -0.192. The molecule has 0 aromatic heterocycles. The molecule has 0 aliphatic rings. The number of hydrogen-bond acceptors (Lipinski definition) is 4. The molecule has 2 aromatic rings. The van der Waals surface area contributed by atoms with E-state index in [1.165, 1.54) is 12.1 Å². The van der Waals surface area contributed by atoms with E-state index in [4.69, 9.17) is 21.5 Å². The molecule has 0 saturated carbocycles. The Hall–Kier alpha value is -2.26. The highest BCUT2D eigenvalue weighted by Crippen LogP contribution is 2.24. The molecule has 0 bridgehead atoms. The number of anilines is 1. The maximum atomic E-state index is 12.3. The van der Waals surface area contributed by atoms with Crippen molar-refractivity contribution < 1.29 is 31.5 Å². The fourth-order valence-electron chi connectivity index (χ4n) is 1.57. The second kappa shape index (κ2) is 8.21. The van der Waals surface area contributed by atoms with Crippen LogP contribution in [0.25, 0.3) is 0 Å². The van der Waals surface area contributed by atoms with Gasteiger partial charge in [-0.2, -0.15) is 13.2 Å². The van der Waals surface area contributed by atoms with Crippen LogP contribution < -0.4 is 5.32 Å². The molecule has 0 heterocycles. The van der Waals surface area contributed by atoms with E-state index in [9.17, 15) is 21.6 Å². The van der Waals surface area contributed by atoms with Gasteiger partial charge in [0.1, 0.15) is 0 Å². The predicted molar refractivity (Wildman–Crippen MR) is 86.6 cm³/mol. The van der Waals surface area contributed by atoms with E-state index in [1.807, 2.05) is 0 Å². The Kier molecular flexibility index (Phi) is 6.83. The molecule has 2 rings (SSSR count). The number of benzene rings is 2. The van der Waals surface area contributed by atoms with Gasteiger partial charge in [-0.1, -0.05) is 17.7 Å². The molecule has 5 nitrogen and oxygen atoms in total. The van der Waals surface area contributed by atoms with Crippen LogP contribution in [0.2, 0.25) is 5.02 Å². The molecule has 2 N–H and O–H groups in total. The van der Waals surface area contributed by atoms with Crippen LogP contribution >= 0.6 is 11.6 Å². The van der Waals surface area contributed by atoms with Crippen LogP contribution in [0.15, 0.2) is 58.3 Å². The highest BCUT2D eigenvalue weighted by Gasteiger charge is 2.38. The zero-order chi connectivity index (χ0) is 19.3. The Morgan fingerprint density at radius 2 is 1.60 bits per heavy atom. The second-order valence-corrected chi connectivity index (χ2v) is 6.92. The van der Waals surface area contributed by atoms with Gasteiger partial charge < -0.3 is 10.4 Å². The van der Waals surface area contributed by atoms with E-state index >= 15 is 0 Å². The Morgan fingerprint density at radius 1 is 1.08 bits per heavy atom. The Balaban J connectivity index is 0.000000381. The van der Waals surface area contributed by atoms with Crippen LogP contribution in [0.1, 0.15) is 0 Å². The molecule has 2 aromatic carbocycles. The fourth-order valence-corrected chi connectivity index (χ4v) is 3.13. The lowest BCUT2D eigenvalue weighted by Gasteiger charge is -2.06. The zero-order valence-electron chi connectivity index (χ0n) is 12.7. The monoisotopic (exact) mass is 395 g/mol. The van der Waals surface area contributed by atoms with E-state index in [1.54, 1.807) is 43.4 Å². The quantitative estimate of drug-likeness (QED) is 0.824. The molecule has 0 amide bonds. The lowest BCUT2D eigenvalue weighted by atomic mass is 10.3. The fraction of sp³-hybridized carbons (Fsp3) is 0.133. The predicted octanol–water partition coefficient (Wildman–Crippen LogP) is 3.85. The lowest BCUT2D eigenvalue weighted by Crippen LogP contribution is -2.21. The van der Waals surface area contributed by atoms with Gasteiger partial charge in [0.25, 0.3) is 0 Å². The summed E-state index contributed by atoms with van der Waals surface area (Å²) in [5.41, 5.74) is 0.861. The molecule has 0 fully saturated rings. The maximum absolute atomic E-state index is 12.3. The van der Waals surface area contributed by atoms with Crippen molar-refractivity contribution in [1.29, 1.82) is 0 Å². The summed E-state index contributed by atoms with van der Waals surface area (Å²) in [7, 11) is -1.72. The summed E-state index contributed by atoms with van der Waals surface area (Å²) in [6.07, 6.45) is -5.08. The van der Waals surface area contributed by atoms with Gasteiger partial charge in [-0.15, -0.1) is 0 Å². The van der Waals surface area contributed by atoms with Crippen LogP contribution in [0, 0.1) is 0 Å². The van der Waals surface area contributed by atoms with E-state index in [2.05, 4.69) is 5.32 Å². The zero-order valence-corrected chi connectivity index (χ0v) is 14.3. The normalized spacial score (nSPS) is 11.2. The number of carboxylic acids is 1. The summed E-state index contributed by atoms with van der Waals surface area (Å²) in [6.45, 7) is 0. The van der Waals surface area contributed by atoms with Crippen LogP contribution in [0.5, 0.6) is 0 Å². The number of rotatable bonds is 3. The topological polar surface area (TPSA) is 83.5 Å². The molecule has 0 unspecified atom stereocenters. The summed E-state index contributed by atoms with van der Waals surface area (Å²) in [5, 5.41) is 10.5. The smallest absolute Gasteiger partial charge is 0.475 e. The Bertz CT molecular complexity index is 837. The minimum Gasteiger partial charge on any atom is -0.475 e. The molecule has 0 radical (unpaired) electrons. The molecule has 0 aliphatic heterocycles. The van der Waals surface area contributed by atoms with Gasteiger partial charge in [-0.25, -0.2) is 13.2 Å². The summed E-state index contributed by atoms with van der Waals surface area (Å²) >= 11 is 5.81. The highest BCUT2D eigenvalue weighted by atomic mass is 35.5. The molecular formula is C15H13ClF3NO4S. The molecule has 10 heteroatoms. The number of hydrogen-bond donors (Lipinski definition) is 2. The number of aliphatic carboxylic acids is 1. The number of halogens is 4. The Morgan fingerprint density at radius 3 is 2.00 bits per heavy atom. The van der Waals surface area contributed by atoms with Crippen molar-refractivity contribution in [3.63, 3.8) is 0 Å². The highest BCUT2D eigenvalue weighted by molar-refractivity contribution is 7.91. The molecule has 25 heavy (non-hydrogen) atoms. The van der Waals surface area contributed by atoms with E-state index in [0.717, 1.165) is 5.69 Å². The van der Waals surface area contributed by atoms with Crippen LogP contribution in [-0.4, -0.2) is 32.7 Å². The van der Waals surface area contributed by atoms with E-state index in [-0.39, 0.29) is 9.79 Å². The number of nitrogens with one attached hydrogen (secondary N) is 1. The first-order chi connectivity index (χ1) is 11.5. The van der Waals surface area contributed by atoms with Crippen molar-refractivity contribution >= 4 is 33.1 Å². The largest absolute Gasteiger partial charge is 0.490 e. The second-order valence-electron chi connectivity index (χ2n) is 4.54. The molecule has 0 aliphatic carbocycles. The van der Waals surface area contributed by atoms with E-state index in [0.29, 0.717) is 5.02 Å². The minimum atomic E-state index is -5.08. The summed E-state index contributed by atoms with van der Waals surface area (Å²) in [6, 6.07) is 12.8. The van der Waals surface area contributed by atoms with Gasteiger partial charge in [0.2, 0.25) is 9.84 Å². The van der Waals surface area contributed by atoms with Crippen molar-refractivity contribution in [3.05, 3.63) is 53.6 Å². The van der Waals surface area contributed by atoms with Crippen LogP contribution in [0.3, 0.4) is 0 Å². The van der Waals surface area contributed by atoms with Crippen molar-refractivity contribution in [2.75, 3.05) is 12.4 Å². The third-order valence-corrected chi connectivity index (χ3v) is 4.80. The minimum absolute atomic E-state index is 0.201. The first-order valence-electron chi connectivity index (χ1n) is 6.57. The van der Waals surface area contributed by atoms with Gasteiger partial charge in [0.15, 0.2) is 0 Å². The van der Waals surface area contributed by atoms with Crippen molar-refractivity contribution in [1.82, 2.24) is 0 Å². The van der Waals surface area contributed by atoms with Gasteiger partial charge in [0.05, 0.1) is 9.79 Å². The number of sulfone groups is 1. The molecule has 0 saturated heterocycles. The molecule has 136 valence electrons. The Labute approximate surface area is 147 Å². The van der Waals surface area contributed by atoms with Crippen molar-refractivity contribution in [2.45, 2.75) is 16.0 Å². The van der Waals surface area contributed by atoms with Gasteiger partial charge in [-0.05, 0) is 42.5 Å². The first kappa shape index (κ1) is 20.8. The molecular weight excluding hydrogens is 383 g/mol. The first-order valence-corrected chi connectivity index (χ1v) is 8.43. The number of carboxylic acid groups (broad SMARTS) is 1. The summed E-state index contributed by atoms with van der Waals surface area (Å²) in [4.78, 5) is 9.35. The number of carbonyl (C=O) groups is 1. The average molecular weight is 396 g/mol. The summed E-state index contributed by atoms with van der Waals surface area (Å²) in [5.74, 6) is -2.76. The summed E-state index contributed by atoms with van der Waals surface area (Å²) < 4.78 is 56.3. The molecule has 0 spiro atoms. The van der Waals surface area contributed by atoms with E-state index < -0.39 is 22.0 Å². The van der Waals surface area contributed by atoms with Crippen LogP contribution in [0.4, 0.5) is 18.9 Å². The number of alkyl halides is 3. The SMILES string of the molecule is CNc1ccc(S(=O)(=O)c2cccc(Cl)c2)cc1.O=C(O)C(F)(F)F. The van der Waals surface area contributed by atoms with Crippen molar-refractivity contribution in [3.8, 4) is 0 Å². The van der Waals surface area contributed by atoms with Gasteiger partial charge in [-0.3, -0.25) is 0 Å². The average Bonchev–Trinajstić information content (AvgIpc) is 2.54. The van der Waals surface area contributed by atoms with Gasteiger partial charge in [0, 0.05) is 17.8 Å². The molecule has 0 atom stereocenters. The maximum Gasteiger partial charge on any atom is 0.490 e. The third-order valence-electron chi connectivity index (χ3n) is 2.80. The third kappa shape index (κ3) is 5.95. The van der Waals surface area contributed by atoms with Crippen molar-refractivity contribution in [2.24, 2.45) is 0 Å². The van der Waals surface area contributed by atoms with Crippen LogP contribution in [-0.2, 0) is 14.6 Å². The standard InChI is InChI=1S/C13H12ClNO2S.C2HF3O2/c1-15-11-5-7-12(8-6-11)18(16,17)13-4-2-3-10(14)9-13;3-2(4,5)1(6)7/h2-9,15H,1H3;(H,6,7).